The van der Waals surface area contributed by atoms with Gasteiger partial charge in [-0.25, -0.2) is 4.79 Å². The predicted molar refractivity (Wildman–Crippen MR) is 97.3 cm³/mol. The molecule has 138 valence electrons. The van der Waals surface area contributed by atoms with E-state index in [-0.39, 0.29) is 11.8 Å². The van der Waals surface area contributed by atoms with Gasteiger partial charge in [-0.1, -0.05) is 18.2 Å². The molecule has 0 bridgehead atoms. The van der Waals surface area contributed by atoms with Crippen molar-refractivity contribution in [3.05, 3.63) is 52.2 Å². The highest BCUT2D eigenvalue weighted by Crippen LogP contribution is 2.14. The molecular weight excluding hydrogens is 356 g/mol. The van der Waals surface area contributed by atoms with E-state index in [1.807, 2.05) is 0 Å². The summed E-state index contributed by atoms with van der Waals surface area (Å²) >= 11 is 1.32. The zero-order chi connectivity index (χ0) is 19.1. The van der Waals surface area contributed by atoms with Crippen LogP contribution in [0.5, 0.6) is 5.75 Å². The van der Waals surface area contributed by atoms with Crippen LogP contribution in [0.15, 0.2) is 41.8 Å². The molecule has 1 aromatic carbocycles. The summed E-state index contributed by atoms with van der Waals surface area (Å²) in [5.41, 5.74) is 0.861. The Morgan fingerprint density at radius 3 is 2.50 bits per heavy atom. The first-order valence-electron chi connectivity index (χ1n) is 7.89. The topological polar surface area (TPSA) is 95.9 Å². The van der Waals surface area contributed by atoms with Crippen molar-refractivity contribution in [3.8, 4) is 5.75 Å². The molecule has 1 unspecified atom stereocenters. The maximum atomic E-state index is 12.4. The molecule has 1 aromatic heterocycles. The maximum Gasteiger partial charge on any atom is 0.341 e. The van der Waals surface area contributed by atoms with Gasteiger partial charge < -0.3 is 20.1 Å². The van der Waals surface area contributed by atoms with Crippen molar-refractivity contribution >= 4 is 29.1 Å². The highest BCUT2D eigenvalue weighted by molar-refractivity contribution is 7.12. The average molecular weight is 376 g/mol. The Labute approximate surface area is 155 Å². The van der Waals surface area contributed by atoms with Crippen LogP contribution in [0, 0.1) is 0 Å². The van der Waals surface area contributed by atoms with Gasteiger partial charge in [0.15, 0.2) is 6.61 Å². The summed E-state index contributed by atoms with van der Waals surface area (Å²) in [4.78, 5) is 37.0. The van der Waals surface area contributed by atoms with E-state index in [0.29, 0.717) is 17.2 Å². The number of aliphatic carboxylic acids is 1. The number of carbonyl (C=O) groups is 3. The molecule has 0 fully saturated rings. The van der Waals surface area contributed by atoms with Crippen LogP contribution in [0.4, 0.5) is 0 Å². The zero-order valence-corrected chi connectivity index (χ0v) is 15.3. The number of nitrogens with one attached hydrogen (secondary N) is 1. The summed E-state index contributed by atoms with van der Waals surface area (Å²) < 4.78 is 5.07. The van der Waals surface area contributed by atoms with Crippen molar-refractivity contribution < 1.29 is 24.2 Å². The van der Waals surface area contributed by atoms with E-state index in [2.05, 4.69) is 5.32 Å². The van der Waals surface area contributed by atoms with Gasteiger partial charge in [0.05, 0.1) is 4.88 Å². The molecule has 0 saturated carbocycles. The second kappa shape index (κ2) is 9.00. The van der Waals surface area contributed by atoms with Crippen molar-refractivity contribution in [2.24, 2.45) is 0 Å². The third kappa shape index (κ3) is 5.59. The van der Waals surface area contributed by atoms with E-state index >= 15 is 0 Å². The summed E-state index contributed by atoms with van der Waals surface area (Å²) in [5.74, 6) is -1.07. The molecular formula is C18H20N2O5S. The molecule has 2 N–H and O–H groups in total. The monoisotopic (exact) mass is 376 g/mol. The van der Waals surface area contributed by atoms with E-state index in [9.17, 15) is 14.4 Å². The summed E-state index contributed by atoms with van der Waals surface area (Å²) in [7, 11) is 1.66. The highest BCUT2D eigenvalue weighted by Gasteiger charge is 2.20. The van der Waals surface area contributed by atoms with E-state index in [4.69, 9.17) is 9.84 Å². The smallest absolute Gasteiger partial charge is 0.341 e. The van der Waals surface area contributed by atoms with E-state index in [0.717, 1.165) is 5.56 Å². The van der Waals surface area contributed by atoms with Crippen LogP contribution < -0.4 is 10.1 Å². The molecule has 0 aliphatic carbocycles. The molecule has 1 heterocycles. The number of likely N-dealkylation sites (N-methyl/N-ethyl adjacent to an activating group) is 1. The summed E-state index contributed by atoms with van der Waals surface area (Å²) in [6, 6.07) is 9.66. The summed E-state index contributed by atoms with van der Waals surface area (Å²) in [6.07, 6.45) is 0. The van der Waals surface area contributed by atoms with Crippen LogP contribution in [-0.4, -0.2) is 47.5 Å². The Morgan fingerprint density at radius 1 is 1.23 bits per heavy atom. The number of benzene rings is 1. The molecule has 7 nitrogen and oxygen atoms in total. The maximum absolute atomic E-state index is 12.4. The van der Waals surface area contributed by atoms with E-state index in [1.54, 1.807) is 55.7 Å². The van der Waals surface area contributed by atoms with Crippen LogP contribution in [0.1, 0.15) is 22.2 Å². The van der Waals surface area contributed by atoms with Crippen LogP contribution in [-0.2, 0) is 16.1 Å². The minimum absolute atomic E-state index is 0.207. The fraction of sp³-hybridized carbons (Fsp3) is 0.278. The number of hydrogen-bond acceptors (Lipinski definition) is 5. The number of ether oxygens (including phenoxy) is 1. The number of nitrogens with zero attached hydrogens (tertiary/aromatic N) is 1. The van der Waals surface area contributed by atoms with Gasteiger partial charge in [-0.2, -0.15) is 0 Å². The molecule has 0 spiro atoms. The molecule has 26 heavy (non-hydrogen) atoms. The van der Waals surface area contributed by atoms with Gasteiger partial charge in [0.2, 0.25) is 5.91 Å². The Hall–Kier alpha value is -2.87. The quantitative estimate of drug-likeness (QED) is 0.735. The van der Waals surface area contributed by atoms with Crippen molar-refractivity contribution in [2.75, 3.05) is 13.7 Å². The number of rotatable bonds is 8. The number of carboxylic acid groups (broad SMARTS) is 1. The second-order valence-electron chi connectivity index (χ2n) is 5.69. The van der Waals surface area contributed by atoms with Gasteiger partial charge in [-0.05, 0) is 36.1 Å². The number of hydrogen-bond donors (Lipinski definition) is 2. The first-order valence-corrected chi connectivity index (χ1v) is 8.77. The predicted octanol–water partition coefficient (Wildman–Crippen LogP) is 1.99. The standard InChI is InChI=1S/C18H20N2O5S/c1-12(19-17(23)15-4-3-9-26-15)18(24)20(2)10-13-5-7-14(8-6-13)25-11-16(21)22/h3-9,12H,10-11H2,1-2H3,(H,19,23)(H,21,22). The van der Waals surface area contributed by atoms with Gasteiger partial charge in [0.25, 0.3) is 5.91 Å². The Kier molecular flexibility index (Phi) is 6.74. The van der Waals surface area contributed by atoms with Crippen LogP contribution >= 0.6 is 11.3 Å². The first-order chi connectivity index (χ1) is 12.4. The molecule has 0 saturated heterocycles. The van der Waals surface area contributed by atoms with Gasteiger partial charge in [-0.15, -0.1) is 11.3 Å². The zero-order valence-electron chi connectivity index (χ0n) is 14.5. The Morgan fingerprint density at radius 2 is 1.92 bits per heavy atom. The van der Waals surface area contributed by atoms with Gasteiger partial charge in [0, 0.05) is 13.6 Å². The van der Waals surface area contributed by atoms with Crippen molar-refractivity contribution in [1.29, 1.82) is 0 Å². The molecule has 8 heteroatoms. The lowest BCUT2D eigenvalue weighted by Crippen LogP contribution is -2.45. The molecule has 2 amide bonds. The largest absolute Gasteiger partial charge is 0.482 e. The fourth-order valence-electron chi connectivity index (χ4n) is 2.26. The summed E-state index contributed by atoms with van der Waals surface area (Å²) in [6.45, 7) is 1.60. The lowest BCUT2D eigenvalue weighted by atomic mass is 10.2. The van der Waals surface area contributed by atoms with Crippen molar-refractivity contribution in [3.63, 3.8) is 0 Å². The van der Waals surface area contributed by atoms with Crippen LogP contribution in [0.25, 0.3) is 0 Å². The first kappa shape index (κ1) is 19.5. The number of carbonyl (C=O) groups excluding carboxylic acids is 2. The van der Waals surface area contributed by atoms with Gasteiger partial charge in [-0.3, -0.25) is 9.59 Å². The SMILES string of the molecule is CC(NC(=O)c1cccs1)C(=O)N(C)Cc1ccc(OCC(=O)O)cc1. The Bertz CT molecular complexity index is 758. The van der Waals surface area contributed by atoms with Crippen LogP contribution in [0.2, 0.25) is 0 Å². The number of carboxylic acids is 1. The fourth-order valence-corrected chi connectivity index (χ4v) is 2.88. The van der Waals surface area contributed by atoms with E-state index < -0.39 is 18.6 Å². The Balaban J connectivity index is 1.87. The van der Waals surface area contributed by atoms with Crippen LogP contribution in [0.3, 0.4) is 0 Å². The van der Waals surface area contributed by atoms with E-state index in [1.165, 1.54) is 16.2 Å². The lowest BCUT2D eigenvalue weighted by Gasteiger charge is -2.22. The molecule has 0 aliphatic rings. The molecule has 0 radical (unpaired) electrons. The molecule has 2 aromatic rings. The molecule has 2 rings (SSSR count). The van der Waals surface area contributed by atoms with Crippen molar-refractivity contribution in [1.82, 2.24) is 10.2 Å². The number of amides is 2. The third-order valence-electron chi connectivity index (χ3n) is 3.54. The highest BCUT2D eigenvalue weighted by atomic mass is 32.1. The molecule has 1 atom stereocenters. The number of thiophene rings is 1. The normalized spacial score (nSPS) is 11.5. The van der Waals surface area contributed by atoms with Crippen molar-refractivity contribution in [2.45, 2.75) is 19.5 Å². The van der Waals surface area contributed by atoms with Gasteiger partial charge in [0.1, 0.15) is 11.8 Å². The summed E-state index contributed by atoms with van der Waals surface area (Å²) in [5, 5.41) is 13.1. The minimum atomic E-state index is -1.04. The lowest BCUT2D eigenvalue weighted by molar-refractivity contribution is -0.139. The van der Waals surface area contributed by atoms with Gasteiger partial charge >= 0.3 is 5.97 Å². The molecule has 0 aliphatic heterocycles. The minimum Gasteiger partial charge on any atom is -0.482 e. The third-order valence-corrected chi connectivity index (χ3v) is 4.41. The second-order valence-corrected chi connectivity index (χ2v) is 6.64. The average Bonchev–Trinajstić information content (AvgIpc) is 3.15.